The van der Waals surface area contributed by atoms with Crippen molar-refractivity contribution in [3.05, 3.63) is 12.7 Å². The molecule has 2 N–H and O–H groups in total. The second kappa shape index (κ2) is 5.22. The van der Waals surface area contributed by atoms with Crippen LogP contribution in [0.4, 0.5) is 0 Å². The zero-order valence-electron chi connectivity index (χ0n) is 11.8. The molecular formula is C13H27NO2Si. The maximum Gasteiger partial charge on any atom is 0.192 e. The predicted molar refractivity (Wildman–Crippen MR) is 74.7 cm³/mol. The molecule has 1 fully saturated rings. The van der Waals surface area contributed by atoms with Crippen LogP contribution < -0.4 is 5.32 Å². The number of aliphatic hydroxyl groups excluding tert-OH is 1. The van der Waals surface area contributed by atoms with Crippen molar-refractivity contribution in [3.63, 3.8) is 0 Å². The van der Waals surface area contributed by atoms with Gasteiger partial charge < -0.3 is 14.8 Å². The number of aliphatic hydroxyl groups is 1. The number of rotatable bonds is 6. The molecule has 0 bridgehead atoms. The minimum Gasteiger partial charge on any atom is -0.415 e. The summed E-state index contributed by atoms with van der Waals surface area (Å²) in [6.45, 7) is 15.6. The van der Waals surface area contributed by atoms with Crippen LogP contribution in [0.15, 0.2) is 12.7 Å². The molecule has 100 valence electrons. The Morgan fingerprint density at radius 1 is 1.47 bits per heavy atom. The molecule has 0 spiro atoms. The van der Waals surface area contributed by atoms with Gasteiger partial charge >= 0.3 is 0 Å². The second-order valence-electron chi connectivity index (χ2n) is 6.46. The zero-order valence-corrected chi connectivity index (χ0v) is 12.8. The van der Waals surface area contributed by atoms with Gasteiger partial charge in [-0.1, -0.05) is 26.8 Å². The van der Waals surface area contributed by atoms with Gasteiger partial charge in [-0.05, 0) is 24.6 Å². The molecule has 1 saturated heterocycles. The van der Waals surface area contributed by atoms with E-state index in [4.69, 9.17) is 4.43 Å². The monoisotopic (exact) mass is 257 g/mol. The van der Waals surface area contributed by atoms with Crippen LogP contribution in [0.3, 0.4) is 0 Å². The van der Waals surface area contributed by atoms with Crippen molar-refractivity contribution in [2.45, 2.75) is 63.5 Å². The van der Waals surface area contributed by atoms with Gasteiger partial charge in [-0.2, -0.15) is 0 Å². The number of hydrogen-bond acceptors (Lipinski definition) is 3. The van der Waals surface area contributed by atoms with Gasteiger partial charge in [0, 0.05) is 6.04 Å². The van der Waals surface area contributed by atoms with Crippen molar-refractivity contribution in [1.29, 1.82) is 0 Å². The summed E-state index contributed by atoms with van der Waals surface area (Å²) in [5, 5.41) is 13.3. The molecule has 3 nitrogen and oxygen atoms in total. The fourth-order valence-corrected chi connectivity index (χ4v) is 2.58. The summed E-state index contributed by atoms with van der Waals surface area (Å²) in [4.78, 5) is 0. The van der Waals surface area contributed by atoms with E-state index in [0.29, 0.717) is 12.5 Å². The average molecular weight is 257 g/mol. The lowest BCUT2D eigenvalue weighted by molar-refractivity contribution is 0.169. The van der Waals surface area contributed by atoms with E-state index in [-0.39, 0.29) is 17.2 Å². The summed E-state index contributed by atoms with van der Waals surface area (Å²) in [5.41, 5.74) is 0. The van der Waals surface area contributed by atoms with Crippen molar-refractivity contribution in [3.8, 4) is 0 Å². The Morgan fingerprint density at radius 2 is 2.06 bits per heavy atom. The molecule has 4 heteroatoms. The van der Waals surface area contributed by atoms with E-state index < -0.39 is 8.32 Å². The maximum atomic E-state index is 9.77. The van der Waals surface area contributed by atoms with Crippen molar-refractivity contribution in [1.82, 2.24) is 5.32 Å². The Labute approximate surface area is 106 Å². The molecule has 1 heterocycles. The largest absolute Gasteiger partial charge is 0.415 e. The van der Waals surface area contributed by atoms with E-state index in [1.807, 2.05) is 0 Å². The molecule has 3 atom stereocenters. The van der Waals surface area contributed by atoms with Crippen molar-refractivity contribution < 1.29 is 9.53 Å². The molecule has 0 aliphatic carbocycles. The Balaban J connectivity index is 2.33. The molecule has 0 saturated carbocycles. The van der Waals surface area contributed by atoms with E-state index in [2.05, 4.69) is 45.8 Å². The number of nitrogens with one attached hydrogen (secondary N) is 1. The van der Waals surface area contributed by atoms with Crippen LogP contribution in [0.2, 0.25) is 18.1 Å². The molecule has 1 aliphatic rings. The third-order valence-electron chi connectivity index (χ3n) is 3.98. The van der Waals surface area contributed by atoms with Crippen molar-refractivity contribution in [2.75, 3.05) is 6.61 Å². The second-order valence-corrected chi connectivity index (χ2v) is 11.3. The lowest BCUT2D eigenvalue weighted by atomic mass is 10.1. The van der Waals surface area contributed by atoms with Crippen LogP contribution in [0, 0.1) is 0 Å². The first-order valence-electron chi connectivity index (χ1n) is 6.38. The van der Waals surface area contributed by atoms with Gasteiger partial charge in [-0.15, -0.1) is 6.58 Å². The lowest BCUT2D eigenvalue weighted by Crippen LogP contribution is -2.42. The summed E-state index contributed by atoms with van der Waals surface area (Å²) in [6, 6.07) is 0.511. The van der Waals surface area contributed by atoms with Crippen LogP contribution in [0.25, 0.3) is 0 Å². The molecule has 17 heavy (non-hydrogen) atoms. The van der Waals surface area contributed by atoms with Gasteiger partial charge in [0.15, 0.2) is 8.32 Å². The highest BCUT2D eigenvalue weighted by molar-refractivity contribution is 6.74. The van der Waals surface area contributed by atoms with Gasteiger partial charge in [0.1, 0.15) is 0 Å². The molecular weight excluding hydrogens is 230 g/mol. The molecule has 0 aromatic carbocycles. The molecule has 0 radical (unpaired) electrons. The standard InChI is InChI=1S/C13H27NO2Si/c1-7-8-11(15)12-10(14-12)9-16-17(5,6)13(2,3)4/h7,10-12,14-15H,1,8-9H2,2-6H3/t10-,11+,12+/m1/s1. The topological polar surface area (TPSA) is 51.4 Å². The Morgan fingerprint density at radius 3 is 2.53 bits per heavy atom. The van der Waals surface area contributed by atoms with Gasteiger partial charge in [0.25, 0.3) is 0 Å². The smallest absolute Gasteiger partial charge is 0.192 e. The van der Waals surface area contributed by atoms with E-state index >= 15 is 0 Å². The summed E-state index contributed by atoms with van der Waals surface area (Å²) in [7, 11) is -1.65. The van der Waals surface area contributed by atoms with Gasteiger partial charge in [-0.3, -0.25) is 0 Å². The molecule has 0 aromatic heterocycles. The Bertz CT molecular complexity index is 273. The maximum absolute atomic E-state index is 9.77. The highest BCUT2D eigenvalue weighted by Gasteiger charge is 2.44. The van der Waals surface area contributed by atoms with Crippen LogP contribution >= 0.6 is 0 Å². The third-order valence-corrected chi connectivity index (χ3v) is 8.48. The van der Waals surface area contributed by atoms with Crippen LogP contribution in [0.5, 0.6) is 0 Å². The minimum atomic E-state index is -1.65. The Kier molecular flexibility index (Phi) is 4.58. The van der Waals surface area contributed by atoms with Crippen molar-refractivity contribution in [2.24, 2.45) is 0 Å². The van der Waals surface area contributed by atoms with Gasteiger partial charge in [0.05, 0.1) is 18.8 Å². The zero-order chi connectivity index (χ0) is 13.3. The number of hydrogen-bond donors (Lipinski definition) is 2. The molecule has 0 unspecified atom stereocenters. The van der Waals surface area contributed by atoms with Crippen molar-refractivity contribution >= 4 is 8.32 Å². The third kappa shape index (κ3) is 3.91. The van der Waals surface area contributed by atoms with Gasteiger partial charge in [-0.25, -0.2) is 0 Å². The lowest BCUT2D eigenvalue weighted by Gasteiger charge is -2.36. The quantitative estimate of drug-likeness (QED) is 0.436. The fraction of sp³-hybridized carbons (Fsp3) is 0.846. The summed E-state index contributed by atoms with van der Waals surface area (Å²) < 4.78 is 6.12. The van der Waals surface area contributed by atoms with E-state index in [1.54, 1.807) is 6.08 Å². The van der Waals surface area contributed by atoms with E-state index in [0.717, 1.165) is 6.61 Å². The average Bonchev–Trinajstić information content (AvgIpc) is 2.92. The first-order valence-corrected chi connectivity index (χ1v) is 9.29. The van der Waals surface area contributed by atoms with Crippen LogP contribution in [-0.2, 0) is 4.43 Å². The molecule has 1 aliphatic heterocycles. The molecule has 0 aromatic rings. The minimum absolute atomic E-state index is 0.192. The first-order chi connectivity index (χ1) is 7.69. The van der Waals surface area contributed by atoms with Crippen LogP contribution in [-0.4, -0.2) is 38.2 Å². The normalized spacial score (nSPS) is 26.7. The predicted octanol–water partition coefficient (Wildman–Crippen LogP) is 2.29. The highest BCUT2D eigenvalue weighted by atomic mass is 28.4. The highest BCUT2D eigenvalue weighted by Crippen LogP contribution is 2.37. The molecule has 1 rings (SSSR count). The summed E-state index contributed by atoms with van der Waals surface area (Å²) >= 11 is 0. The SMILES string of the molecule is C=CC[C@H](O)[C@H]1N[C@@H]1CO[Si](C)(C)C(C)(C)C. The van der Waals surface area contributed by atoms with Gasteiger partial charge in [0.2, 0.25) is 0 Å². The molecule has 0 amide bonds. The van der Waals surface area contributed by atoms with E-state index in [9.17, 15) is 5.11 Å². The van der Waals surface area contributed by atoms with E-state index in [1.165, 1.54) is 0 Å². The summed E-state index contributed by atoms with van der Waals surface area (Å²) in [5.74, 6) is 0. The summed E-state index contributed by atoms with van der Waals surface area (Å²) in [6.07, 6.45) is 2.09. The Hall–Kier alpha value is -0.163. The van der Waals surface area contributed by atoms with Crippen LogP contribution in [0.1, 0.15) is 27.2 Å². The fourth-order valence-electron chi connectivity index (χ4n) is 1.55. The first kappa shape index (κ1) is 14.9.